The van der Waals surface area contributed by atoms with Gasteiger partial charge in [0.25, 0.3) is 0 Å². The zero-order valence-corrected chi connectivity index (χ0v) is 15.9. The summed E-state index contributed by atoms with van der Waals surface area (Å²) < 4.78 is 5.45. The van der Waals surface area contributed by atoms with Crippen LogP contribution in [0, 0.1) is 6.92 Å². The van der Waals surface area contributed by atoms with Crippen molar-refractivity contribution in [1.29, 1.82) is 0 Å². The Morgan fingerprint density at radius 1 is 1.15 bits per heavy atom. The van der Waals surface area contributed by atoms with Crippen molar-refractivity contribution in [2.45, 2.75) is 13.3 Å². The number of carbonyl (C=O) groups is 2. The molecule has 0 spiro atoms. The lowest BCUT2D eigenvalue weighted by molar-refractivity contribution is -0.130. The van der Waals surface area contributed by atoms with Crippen molar-refractivity contribution in [3.63, 3.8) is 0 Å². The number of aryl methyl sites for hydroxylation is 1. The highest BCUT2D eigenvalue weighted by Crippen LogP contribution is 2.35. The molecule has 0 saturated carbocycles. The second-order valence-corrected chi connectivity index (χ2v) is 6.42. The molecule has 0 saturated heterocycles. The number of hydrogen-bond donors (Lipinski definition) is 2. The quantitative estimate of drug-likeness (QED) is 0.501. The molecule has 140 valence electrons. The van der Waals surface area contributed by atoms with Crippen LogP contribution in [0.25, 0.3) is 10.9 Å². The van der Waals surface area contributed by atoms with E-state index in [0.29, 0.717) is 32.8 Å². The molecular weight excluding hydrogens is 368 g/mol. The molecule has 6 nitrogen and oxygen atoms in total. The third-order valence-corrected chi connectivity index (χ3v) is 4.69. The number of methoxy groups -OCH3 is 1. The molecule has 0 aliphatic rings. The Morgan fingerprint density at radius 2 is 1.89 bits per heavy atom. The van der Waals surface area contributed by atoms with E-state index in [-0.39, 0.29) is 18.1 Å². The maximum absolute atomic E-state index is 13.3. The number of ether oxygens (including phenoxy) is 1. The highest BCUT2D eigenvalue weighted by molar-refractivity contribution is 6.35. The highest BCUT2D eigenvalue weighted by Gasteiger charge is 2.24. The number of amides is 1. The van der Waals surface area contributed by atoms with Crippen molar-refractivity contribution in [3.05, 3.63) is 63.8 Å². The lowest BCUT2D eigenvalue weighted by Crippen LogP contribution is -2.24. The van der Waals surface area contributed by atoms with Gasteiger partial charge in [0.2, 0.25) is 5.91 Å². The molecule has 2 aromatic carbocycles. The maximum atomic E-state index is 13.3. The number of carbonyl (C=O) groups excluding carboxylic acids is 2. The SMILES string of the molecule is CONC(=O)Cc1c(C)[nH]c2ccc(OC)c(C(=O)c3ccccc3Cl)c12. The average molecular weight is 387 g/mol. The minimum Gasteiger partial charge on any atom is -0.496 e. The zero-order valence-electron chi connectivity index (χ0n) is 15.2. The number of halogens is 1. The molecule has 2 N–H and O–H groups in total. The normalized spacial score (nSPS) is 10.8. The lowest BCUT2D eigenvalue weighted by atomic mass is 9.95. The first-order valence-electron chi connectivity index (χ1n) is 8.27. The second-order valence-electron chi connectivity index (χ2n) is 6.01. The van der Waals surface area contributed by atoms with Gasteiger partial charge >= 0.3 is 0 Å². The number of hydrogen-bond acceptors (Lipinski definition) is 4. The Bertz CT molecular complexity index is 1030. The Morgan fingerprint density at radius 3 is 2.56 bits per heavy atom. The molecule has 1 aromatic heterocycles. The van der Waals surface area contributed by atoms with Crippen LogP contribution in [0.5, 0.6) is 5.75 Å². The number of benzene rings is 2. The van der Waals surface area contributed by atoms with Gasteiger partial charge < -0.3 is 9.72 Å². The molecule has 0 atom stereocenters. The molecule has 3 rings (SSSR count). The fraction of sp³-hybridized carbons (Fsp3) is 0.200. The topological polar surface area (TPSA) is 80.4 Å². The number of aromatic nitrogens is 1. The summed E-state index contributed by atoms with van der Waals surface area (Å²) in [7, 11) is 2.87. The fourth-order valence-corrected chi connectivity index (χ4v) is 3.39. The largest absolute Gasteiger partial charge is 0.496 e. The summed E-state index contributed by atoms with van der Waals surface area (Å²) >= 11 is 6.24. The highest BCUT2D eigenvalue weighted by atomic mass is 35.5. The van der Waals surface area contributed by atoms with Crippen molar-refractivity contribution >= 4 is 34.2 Å². The molecule has 1 amide bonds. The predicted molar refractivity (Wildman–Crippen MR) is 103 cm³/mol. The molecule has 0 radical (unpaired) electrons. The molecular formula is C20H19ClN2O4. The van der Waals surface area contributed by atoms with Crippen molar-refractivity contribution in [2.75, 3.05) is 14.2 Å². The molecule has 0 aliphatic heterocycles. The van der Waals surface area contributed by atoms with Gasteiger partial charge in [0.05, 0.1) is 31.2 Å². The van der Waals surface area contributed by atoms with Gasteiger partial charge in [0, 0.05) is 22.2 Å². The van der Waals surface area contributed by atoms with Crippen molar-refractivity contribution < 1.29 is 19.2 Å². The van der Waals surface area contributed by atoms with E-state index in [1.807, 2.05) is 13.0 Å². The van der Waals surface area contributed by atoms with Crippen LogP contribution >= 0.6 is 11.6 Å². The minimum atomic E-state index is -0.319. The summed E-state index contributed by atoms with van der Waals surface area (Å²) in [5, 5.41) is 0.996. The number of rotatable bonds is 6. The van der Waals surface area contributed by atoms with Gasteiger partial charge in [-0.15, -0.1) is 0 Å². The van der Waals surface area contributed by atoms with Crippen molar-refractivity contribution in [3.8, 4) is 5.75 Å². The molecule has 0 bridgehead atoms. The van der Waals surface area contributed by atoms with E-state index in [9.17, 15) is 9.59 Å². The Labute approximate surface area is 161 Å². The number of H-pyrrole nitrogens is 1. The molecule has 7 heteroatoms. The summed E-state index contributed by atoms with van der Waals surface area (Å²) in [6.45, 7) is 1.85. The number of fused-ring (bicyclic) bond motifs is 1. The minimum absolute atomic E-state index is 0.0512. The monoisotopic (exact) mass is 386 g/mol. The Kier molecular flexibility index (Phi) is 5.48. The van der Waals surface area contributed by atoms with Crippen LogP contribution in [0.3, 0.4) is 0 Å². The third kappa shape index (κ3) is 3.54. The van der Waals surface area contributed by atoms with Crippen molar-refractivity contribution in [2.24, 2.45) is 0 Å². The summed E-state index contributed by atoms with van der Waals surface area (Å²) in [6, 6.07) is 10.4. The second kappa shape index (κ2) is 7.82. The van der Waals surface area contributed by atoms with Crippen LogP contribution in [0.2, 0.25) is 5.02 Å². The first-order chi connectivity index (χ1) is 13.0. The lowest BCUT2D eigenvalue weighted by Gasteiger charge is -2.12. The van der Waals surface area contributed by atoms with Gasteiger partial charge in [-0.3, -0.25) is 14.4 Å². The number of ketones is 1. The maximum Gasteiger partial charge on any atom is 0.248 e. The molecule has 0 aliphatic carbocycles. The van der Waals surface area contributed by atoms with E-state index in [0.717, 1.165) is 11.2 Å². The average Bonchev–Trinajstić information content (AvgIpc) is 2.96. The van der Waals surface area contributed by atoms with E-state index in [1.54, 1.807) is 30.3 Å². The summed E-state index contributed by atoms with van der Waals surface area (Å²) in [5.74, 6) is -0.171. The zero-order chi connectivity index (χ0) is 19.6. The van der Waals surface area contributed by atoms with Crippen LogP contribution < -0.4 is 10.2 Å². The van der Waals surface area contributed by atoms with Gasteiger partial charge in [0.1, 0.15) is 5.75 Å². The Hall–Kier alpha value is -2.83. The van der Waals surface area contributed by atoms with Gasteiger partial charge in [-0.2, -0.15) is 0 Å². The smallest absolute Gasteiger partial charge is 0.248 e. The van der Waals surface area contributed by atoms with Crippen molar-refractivity contribution in [1.82, 2.24) is 10.5 Å². The first kappa shape index (κ1) is 18.9. The first-order valence-corrected chi connectivity index (χ1v) is 8.65. The summed E-state index contributed by atoms with van der Waals surface area (Å²) in [4.78, 5) is 33.3. The molecule has 1 heterocycles. The summed E-state index contributed by atoms with van der Waals surface area (Å²) in [6.07, 6.45) is 0.0512. The Balaban J connectivity index is 2.25. The summed E-state index contributed by atoms with van der Waals surface area (Å²) in [5.41, 5.74) is 5.28. The van der Waals surface area contributed by atoms with Gasteiger partial charge in [-0.25, -0.2) is 5.48 Å². The van der Waals surface area contributed by atoms with Crippen LogP contribution in [0.1, 0.15) is 27.2 Å². The van der Waals surface area contributed by atoms with Gasteiger partial charge in [-0.05, 0) is 36.8 Å². The van der Waals surface area contributed by atoms with E-state index in [2.05, 4.69) is 10.5 Å². The predicted octanol–water partition coefficient (Wildman–Crippen LogP) is 3.59. The van der Waals surface area contributed by atoms with Gasteiger partial charge in [0.15, 0.2) is 5.78 Å². The van der Waals surface area contributed by atoms with Crippen LogP contribution in [-0.4, -0.2) is 30.9 Å². The van der Waals surface area contributed by atoms with E-state index >= 15 is 0 Å². The number of nitrogens with one attached hydrogen (secondary N) is 2. The molecule has 27 heavy (non-hydrogen) atoms. The number of aromatic amines is 1. The molecule has 3 aromatic rings. The third-order valence-electron chi connectivity index (χ3n) is 4.36. The van der Waals surface area contributed by atoms with Crippen LogP contribution in [-0.2, 0) is 16.1 Å². The number of hydroxylamine groups is 1. The van der Waals surface area contributed by atoms with E-state index in [4.69, 9.17) is 21.2 Å². The van der Waals surface area contributed by atoms with Crippen LogP contribution in [0.4, 0.5) is 0 Å². The van der Waals surface area contributed by atoms with Crippen LogP contribution in [0.15, 0.2) is 36.4 Å². The fourth-order valence-electron chi connectivity index (χ4n) is 3.17. The van der Waals surface area contributed by atoms with Gasteiger partial charge in [-0.1, -0.05) is 23.7 Å². The standard InChI is InChI=1S/C20H19ClN2O4/c1-11-13(10-17(24)23-27-3)18-15(22-11)8-9-16(26-2)19(18)20(25)12-6-4-5-7-14(12)21/h4-9,22H,10H2,1-3H3,(H,23,24). The molecule has 0 fully saturated rings. The molecule has 0 unspecified atom stereocenters. The van der Waals surface area contributed by atoms with E-state index in [1.165, 1.54) is 14.2 Å². The van der Waals surface area contributed by atoms with E-state index < -0.39 is 0 Å².